The van der Waals surface area contributed by atoms with Gasteiger partial charge in [0.15, 0.2) is 0 Å². The summed E-state index contributed by atoms with van der Waals surface area (Å²) in [5.41, 5.74) is 0. The second-order valence-corrected chi connectivity index (χ2v) is 2.23. The van der Waals surface area contributed by atoms with Gasteiger partial charge in [0.2, 0.25) is 0 Å². The zero-order chi connectivity index (χ0) is 8.04. The summed E-state index contributed by atoms with van der Waals surface area (Å²) in [6.07, 6.45) is 3.75. The highest BCUT2D eigenvalue weighted by Crippen LogP contribution is 1.72. The Hall–Kier alpha value is 0.266. The van der Waals surface area contributed by atoms with Gasteiger partial charge in [-0.3, -0.25) is 9.11 Å². The van der Waals surface area contributed by atoms with E-state index < -0.39 is 10.4 Å². The van der Waals surface area contributed by atoms with Gasteiger partial charge in [0.25, 0.3) is 0 Å². The van der Waals surface area contributed by atoms with Crippen LogP contribution in [0.5, 0.6) is 0 Å². The SMILES string of the molecule is O=S(=O)(O)O.S.[MgH2].c1cc[nH]c1. The first kappa shape index (κ1) is 18.1. The predicted molar refractivity (Wildman–Crippen MR) is 53.9 cm³/mol. The Morgan fingerprint density at radius 2 is 1.33 bits per heavy atom. The molecule has 0 aliphatic heterocycles. The Morgan fingerprint density at radius 1 is 1.08 bits per heavy atom. The molecule has 1 heterocycles. The maximum absolute atomic E-state index is 8.74. The summed E-state index contributed by atoms with van der Waals surface area (Å²) in [6, 6.07) is 3.89. The molecule has 0 saturated carbocycles. The van der Waals surface area contributed by atoms with Gasteiger partial charge in [-0.1, -0.05) is 0 Å². The first-order valence-corrected chi connectivity index (χ1v) is 3.67. The quantitative estimate of drug-likeness (QED) is 0.412. The lowest BCUT2D eigenvalue weighted by Crippen LogP contribution is -1.89. The highest BCUT2D eigenvalue weighted by atomic mass is 32.3. The van der Waals surface area contributed by atoms with E-state index in [0.29, 0.717) is 0 Å². The minimum absolute atomic E-state index is 0. The van der Waals surface area contributed by atoms with Crippen LogP contribution in [0.4, 0.5) is 0 Å². The van der Waals surface area contributed by atoms with Crippen molar-refractivity contribution >= 4 is 46.9 Å². The number of hydrogen-bond acceptors (Lipinski definition) is 2. The first-order valence-electron chi connectivity index (χ1n) is 2.28. The molecule has 1 aromatic rings. The first-order chi connectivity index (χ1) is 4.50. The van der Waals surface area contributed by atoms with Crippen molar-refractivity contribution in [3.05, 3.63) is 24.5 Å². The third-order valence-corrected chi connectivity index (χ3v) is 0.496. The van der Waals surface area contributed by atoms with Crippen LogP contribution in [0.15, 0.2) is 24.5 Å². The molecule has 1 aromatic heterocycles. The van der Waals surface area contributed by atoms with E-state index in [2.05, 4.69) is 4.98 Å². The van der Waals surface area contributed by atoms with Gasteiger partial charge in [0, 0.05) is 12.4 Å². The van der Waals surface area contributed by atoms with Crippen LogP contribution in [0, 0.1) is 0 Å². The molecule has 0 aromatic carbocycles. The van der Waals surface area contributed by atoms with E-state index in [0.717, 1.165) is 0 Å². The van der Waals surface area contributed by atoms with Gasteiger partial charge < -0.3 is 4.98 Å². The molecule has 3 N–H and O–H groups in total. The number of hydrogen-bond donors (Lipinski definition) is 3. The van der Waals surface area contributed by atoms with E-state index in [1.807, 2.05) is 24.5 Å². The van der Waals surface area contributed by atoms with Crippen molar-refractivity contribution < 1.29 is 17.5 Å². The smallest absolute Gasteiger partial charge is 0.368 e. The fourth-order valence-corrected chi connectivity index (χ4v) is 0.278. The summed E-state index contributed by atoms with van der Waals surface area (Å²) in [6.45, 7) is 0. The van der Waals surface area contributed by atoms with Crippen molar-refractivity contribution in [1.29, 1.82) is 0 Å². The van der Waals surface area contributed by atoms with Crippen molar-refractivity contribution in [2.24, 2.45) is 0 Å². The molecule has 0 amide bonds. The maximum Gasteiger partial charge on any atom is 0.394 e. The van der Waals surface area contributed by atoms with Crippen LogP contribution in [-0.2, 0) is 10.4 Å². The van der Waals surface area contributed by atoms with Gasteiger partial charge in [-0.15, -0.1) is 0 Å². The summed E-state index contributed by atoms with van der Waals surface area (Å²) in [4.78, 5) is 2.86. The van der Waals surface area contributed by atoms with Gasteiger partial charge in [0.05, 0.1) is 0 Å². The van der Waals surface area contributed by atoms with E-state index in [4.69, 9.17) is 17.5 Å². The normalized spacial score (nSPS) is 8.17. The molecular weight excluding hydrogens is 214 g/mol. The Bertz CT molecular complexity index is 221. The molecule has 8 heteroatoms. The maximum atomic E-state index is 8.74. The van der Waals surface area contributed by atoms with Gasteiger partial charge in [0.1, 0.15) is 0 Å². The molecule has 0 saturated heterocycles. The van der Waals surface area contributed by atoms with E-state index in [-0.39, 0.29) is 36.5 Å². The number of aromatic amines is 1. The summed E-state index contributed by atoms with van der Waals surface area (Å²) >= 11 is 0. The third kappa shape index (κ3) is 31.8. The zero-order valence-corrected chi connectivity index (χ0v) is 7.25. The van der Waals surface area contributed by atoms with Crippen LogP contribution in [-0.4, -0.2) is 45.6 Å². The highest BCUT2D eigenvalue weighted by molar-refractivity contribution is 7.79. The molecule has 0 aliphatic carbocycles. The molecule has 0 fully saturated rings. The van der Waals surface area contributed by atoms with Gasteiger partial charge in [-0.05, 0) is 12.1 Å². The second kappa shape index (κ2) is 9.35. The molecule has 5 nitrogen and oxygen atoms in total. The number of H-pyrrole nitrogens is 1. The standard InChI is InChI=1S/C4H5N.Mg.H2O4S.H2S.2H/c1-2-4-5-3-1;;1-5(2,3)4;;;/h1-5H;;(H2,1,2,3,4);1H2;;. The Kier molecular flexibility index (Phi) is 14.1. The topological polar surface area (TPSA) is 90.4 Å². The number of aromatic nitrogens is 1. The molecule has 70 valence electrons. The third-order valence-electron chi connectivity index (χ3n) is 0.496. The van der Waals surface area contributed by atoms with Crippen molar-refractivity contribution in [1.82, 2.24) is 4.98 Å². The Balaban J connectivity index is -0.000000116. The summed E-state index contributed by atoms with van der Waals surface area (Å²) < 4.78 is 31.6. The van der Waals surface area contributed by atoms with E-state index in [9.17, 15) is 0 Å². The van der Waals surface area contributed by atoms with Gasteiger partial charge in [-0.2, -0.15) is 21.9 Å². The van der Waals surface area contributed by atoms with Crippen LogP contribution < -0.4 is 0 Å². The number of nitrogens with one attached hydrogen (secondary N) is 1. The van der Waals surface area contributed by atoms with E-state index in [1.54, 1.807) is 0 Å². The monoisotopic (exact) mass is 225 g/mol. The zero-order valence-electron chi connectivity index (χ0n) is 5.43. The van der Waals surface area contributed by atoms with E-state index in [1.165, 1.54) is 0 Å². The summed E-state index contributed by atoms with van der Waals surface area (Å²) in [5.74, 6) is 0. The van der Waals surface area contributed by atoms with Crippen LogP contribution in [0.25, 0.3) is 0 Å². The average Bonchev–Trinajstić information content (AvgIpc) is 2.07. The summed E-state index contributed by atoms with van der Waals surface area (Å²) in [5, 5.41) is 0. The predicted octanol–water partition coefficient (Wildman–Crippen LogP) is -0.442. The van der Waals surface area contributed by atoms with Crippen LogP contribution >= 0.6 is 13.5 Å². The van der Waals surface area contributed by atoms with E-state index >= 15 is 0 Å². The van der Waals surface area contributed by atoms with Crippen LogP contribution in [0.3, 0.4) is 0 Å². The lowest BCUT2D eigenvalue weighted by Gasteiger charge is -1.68. The minimum atomic E-state index is -4.67. The van der Waals surface area contributed by atoms with Gasteiger partial charge in [-0.25, -0.2) is 0 Å². The molecule has 1 rings (SSSR count). The average molecular weight is 226 g/mol. The largest absolute Gasteiger partial charge is 0.394 e. The Morgan fingerprint density at radius 3 is 1.42 bits per heavy atom. The molecule has 0 atom stereocenters. The molecule has 12 heavy (non-hydrogen) atoms. The van der Waals surface area contributed by atoms with Crippen molar-refractivity contribution in [3.8, 4) is 0 Å². The fraction of sp³-hybridized carbons (Fsp3) is 0. The van der Waals surface area contributed by atoms with Crippen molar-refractivity contribution in [2.75, 3.05) is 0 Å². The number of rotatable bonds is 0. The fourth-order valence-electron chi connectivity index (χ4n) is 0.278. The lowest BCUT2D eigenvalue weighted by atomic mass is 10.7. The second-order valence-electron chi connectivity index (χ2n) is 1.33. The van der Waals surface area contributed by atoms with Crippen LogP contribution in [0.1, 0.15) is 0 Å². The molecule has 0 unspecified atom stereocenters. The highest BCUT2D eigenvalue weighted by Gasteiger charge is 1.84. The minimum Gasteiger partial charge on any atom is -0.368 e. The molecule has 0 aliphatic rings. The van der Waals surface area contributed by atoms with Crippen molar-refractivity contribution in [3.63, 3.8) is 0 Å². The van der Waals surface area contributed by atoms with Crippen LogP contribution in [0.2, 0.25) is 0 Å². The molecule has 0 spiro atoms. The lowest BCUT2D eigenvalue weighted by molar-refractivity contribution is 0.381. The molecular formula is C4H11MgNO4S2. The van der Waals surface area contributed by atoms with Gasteiger partial charge >= 0.3 is 33.5 Å². The molecule has 0 radical (unpaired) electrons. The molecule has 0 bridgehead atoms. The summed E-state index contributed by atoms with van der Waals surface area (Å²) in [7, 11) is -4.67. The van der Waals surface area contributed by atoms with Crippen molar-refractivity contribution in [2.45, 2.75) is 0 Å². The Labute approximate surface area is 93.7 Å².